The Morgan fingerprint density at radius 1 is 1.15 bits per heavy atom. The van der Waals surface area contributed by atoms with Gasteiger partial charge >= 0.3 is 0 Å². The van der Waals surface area contributed by atoms with Crippen LogP contribution in [0.1, 0.15) is 19.3 Å². The summed E-state index contributed by atoms with van der Waals surface area (Å²) in [5, 5.41) is 3.02. The lowest BCUT2D eigenvalue weighted by molar-refractivity contribution is -0.113. The molecule has 3 rings (SSSR count). The van der Waals surface area contributed by atoms with Crippen LogP contribution in [0, 0.1) is 5.82 Å². The Morgan fingerprint density at radius 2 is 1.89 bits per heavy atom. The molecular formula is C18H20FN3O3S2. The molecule has 0 spiro atoms. The van der Waals surface area contributed by atoms with E-state index in [0.717, 1.165) is 31.0 Å². The molecule has 1 aliphatic heterocycles. The SMILES string of the molecule is O=C(CSc1ccc(S(=O)(=O)N2CCCCC2)cn1)Nc1ccccc1F. The first-order valence-corrected chi connectivity index (χ1v) is 11.0. The van der Waals surface area contributed by atoms with E-state index in [-0.39, 0.29) is 22.2 Å². The summed E-state index contributed by atoms with van der Waals surface area (Å²) in [5.74, 6) is -0.822. The maximum absolute atomic E-state index is 13.5. The average Bonchev–Trinajstić information content (AvgIpc) is 2.69. The van der Waals surface area contributed by atoms with Crippen molar-refractivity contribution in [2.45, 2.75) is 29.2 Å². The molecule has 2 heterocycles. The Hall–Kier alpha value is -1.97. The zero-order valence-electron chi connectivity index (χ0n) is 14.6. The number of anilines is 1. The molecule has 1 N–H and O–H groups in total. The standard InChI is InChI=1S/C18H20FN3O3S2/c19-15-6-2-3-7-16(15)21-17(23)13-26-18-9-8-14(12-20-18)27(24,25)22-10-4-1-5-11-22/h2-3,6-9,12H,1,4-5,10-11,13H2,(H,21,23). The van der Waals surface area contributed by atoms with Crippen molar-refractivity contribution in [3.63, 3.8) is 0 Å². The highest BCUT2D eigenvalue weighted by molar-refractivity contribution is 7.99. The smallest absolute Gasteiger partial charge is 0.244 e. The lowest BCUT2D eigenvalue weighted by Gasteiger charge is -2.25. The number of rotatable bonds is 6. The van der Waals surface area contributed by atoms with Gasteiger partial charge in [-0.1, -0.05) is 30.3 Å². The van der Waals surface area contributed by atoms with Crippen molar-refractivity contribution in [3.05, 3.63) is 48.4 Å². The molecule has 0 bridgehead atoms. The number of thioether (sulfide) groups is 1. The fourth-order valence-electron chi connectivity index (χ4n) is 2.75. The van der Waals surface area contributed by atoms with E-state index in [4.69, 9.17) is 0 Å². The minimum absolute atomic E-state index is 0.0412. The monoisotopic (exact) mass is 409 g/mol. The van der Waals surface area contributed by atoms with Crippen LogP contribution in [0.3, 0.4) is 0 Å². The second-order valence-electron chi connectivity index (χ2n) is 6.11. The Balaban J connectivity index is 1.57. The van der Waals surface area contributed by atoms with Crippen LogP contribution in [0.25, 0.3) is 0 Å². The molecule has 1 aliphatic rings. The Bertz CT molecular complexity index is 898. The molecule has 0 atom stereocenters. The van der Waals surface area contributed by atoms with Crippen molar-refractivity contribution < 1.29 is 17.6 Å². The number of nitrogens with one attached hydrogen (secondary N) is 1. The normalized spacial score (nSPS) is 15.4. The summed E-state index contributed by atoms with van der Waals surface area (Å²) in [6, 6.07) is 9.02. The second kappa shape index (κ2) is 8.81. The number of benzene rings is 1. The number of halogens is 1. The lowest BCUT2D eigenvalue weighted by Crippen LogP contribution is -2.35. The van der Waals surface area contributed by atoms with Gasteiger partial charge in [-0.2, -0.15) is 4.31 Å². The predicted molar refractivity (Wildman–Crippen MR) is 103 cm³/mol. The van der Waals surface area contributed by atoms with Crippen molar-refractivity contribution >= 4 is 33.4 Å². The van der Waals surface area contributed by atoms with Crippen molar-refractivity contribution in [2.75, 3.05) is 24.2 Å². The van der Waals surface area contributed by atoms with E-state index < -0.39 is 15.8 Å². The number of para-hydroxylation sites is 1. The minimum atomic E-state index is -3.51. The Labute approximate surface area is 162 Å². The van der Waals surface area contributed by atoms with Crippen LogP contribution in [0.2, 0.25) is 0 Å². The number of hydrogen-bond acceptors (Lipinski definition) is 5. The number of carbonyl (C=O) groups is 1. The molecule has 6 nitrogen and oxygen atoms in total. The first-order valence-electron chi connectivity index (χ1n) is 8.60. The minimum Gasteiger partial charge on any atom is -0.323 e. The summed E-state index contributed by atoms with van der Waals surface area (Å²) in [4.78, 5) is 16.2. The molecular weight excluding hydrogens is 389 g/mol. The van der Waals surface area contributed by atoms with Crippen molar-refractivity contribution in [1.82, 2.24) is 9.29 Å². The predicted octanol–water partition coefficient (Wildman–Crippen LogP) is 3.13. The number of piperidine rings is 1. The second-order valence-corrected chi connectivity index (χ2v) is 9.05. The zero-order chi connectivity index (χ0) is 19.3. The summed E-state index contributed by atoms with van der Waals surface area (Å²) in [5.41, 5.74) is 0.124. The van der Waals surface area contributed by atoms with Crippen molar-refractivity contribution in [1.29, 1.82) is 0 Å². The van der Waals surface area contributed by atoms with E-state index in [2.05, 4.69) is 10.3 Å². The summed E-state index contributed by atoms with van der Waals surface area (Å²) in [6.45, 7) is 1.07. The van der Waals surface area contributed by atoms with E-state index >= 15 is 0 Å². The molecule has 0 aliphatic carbocycles. The van der Waals surface area contributed by atoms with Gasteiger partial charge in [-0.25, -0.2) is 17.8 Å². The van der Waals surface area contributed by atoms with Crippen molar-refractivity contribution in [3.8, 4) is 0 Å². The molecule has 144 valence electrons. The Kier molecular flexibility index (Phi) is 6.46. The van der Waals surface area contributed by atoms with Crippen LogP contribution in [0.5, 0.6) is 0 Å². The van der Waals surface area contributed by atoms with E-state index in [1.54, 1.807) is 18.2 Å². The van der Waals surface area contributed by atoms with Gasteiger partial charge in [-0.3, -0.25) is 4.79 Å². The number of hydrogen-bond donors (Lipinski definition) is 1. The first kappa shape index (κ1) is 19.8. The molecule has 9 heteroatoms. The molecule has 1 saturated heterocycles. The van der Waals surface area contributed by atoms with Gasteiger partial charge in [0.25, 0.3) is 0 Å². The average molecular weight is 410 g/mol. The zero-order valence-corrected chi connectivity index (χ0v) is 16.2. The molecule has 27 heavy (non-hydrogen) atoms. The Morgan fingerprint density at radius 3 is 2.56 bits per heavy atom. The van der Waals surface area contributed by atoms with Crippen LogP contribution in [0.4, 0.5) is 10.1 Å². The van der Waals surface area contributed by atoms with Gasteiger partial charge in [0.05, 0.1) is 16.5 Å². The van der Waals surface area contributed by atoms with Gasteiger partial charge in [-0.05, 0) is 37.1 Å². The summed E-state index contributed by atoms with van der Waals surface area (Å²) < 4.78 is 40.2. The van der Waals surface area contributed by atoms with E-state index in [9.17, 15) is 17.6 Å². The summed E-state index contributed by atoms with van der Waals surface area (Å²) in [7, 11) is -3.51. The topological polar surface area (TPSA) is 79.4 Å². The van der Waals surface area contributed by atoms with Gasteiger partial charge in [0, 0.05) is 19.3 Å². The fourth-order valence-corrected chi connectivity index (χ4v) is 4.85. The van der Waals surface area contributed by atoms with Crippen LogP contribution < -0.4 is 5.32 Å². The maximum Gasteiger partial charge on any atom is 0.244 e. The maximum atomic E-state index is 13.5. The highest BCUT2D eigenvalue weighted by Gasteiger charge is 2.26. The third-order valence-electron chi connectivity index (χ3n) is 4.16. The van der Waals surface area contributed by atoms with Gasteiger partial charge in [0.1, 0.15) is 10.7 Å². The van der Waals surface area contributed by atoms with Gasteiger partial charge < -0.3 is 5.32 Å². The van der Waals surface area contributed by atoms with E-state index in [0.29, 0.717) is 18.1 Å². The first-order chi connectivity index (χ1) is 13.0. The summed E-state index contributed by atoms with van der Waals surface area (Å²) in [6.07, 6.45) is 4.12. The number of aromatic nitrogens is 1. The largest absolute Gasteiger partial charge is 0.323 e. The molecule has 0 unspecified atom stereocenters. The molecule has 1 aromatic carbocycles. The van der Waals surface area contributed by atoms with Crippen LogP contribution in [-0.2, 0) is 14.8 Å². The molecule has 0 radical (unpaired) electrons. The number of pyridine rings is 1. The van der Waals surface area contributed by atoms with Crippen LogP contribution >= 0.6 is 11.8 Å². The highest BCUT2D eigenvalue weighted by Crippen LogP contribution is 2.22. The molecule has 1 aromatic heterocycles. The third kappa shape index (κ3) is 5.06. The quantitative estimate of drug-likeness (QED) is 0.742. The van der Waals surface area contributed by atoms with Crippen LogP contribution in [0.15, 0.2) is 52.5 Å². The van der Waals surface area contributed by atoms with Gasteiger partial charge in [0.2, 0.25) is 15.9 Å². The van der Waals surface area contributed by atoms with Crippen LogP contribution in [-0.4, -0.2) is 42.5 Å². The number of sulfonamides is 1. The van der Waals surface area contributed by atoms with Gasteiger partial charge in [-0.15, -0.1) is 0 Å². The molecule has 0 saturated carbocycles. The van der Waals surface area contributed by atoms with Gasteiger partial charge in [0.15, 0.2) is 0 Å². The lowest BCUT2D eigenvalue weighted by atomic mass is 10.2. The fraction of sp³-hybridized carbons (Fsp3) is 0.333. The number of amides is 1. The van der Waals surface area contributed by atoms with E-state index in [1.807, 2.05) is 0 Å². The molecule has 2 aromatic rings. The third-order valence-corrected chi connectivity index (χ3v) is 6.99. The molecule has 1 fully saturated rings. The number of carbonyl (C=O) groups excluding carboxylic acids is 1. The number of nitrogens with zero attached hydrogens (tertiary/aromatic N) is 2. The summed E-state index contributed by atoms with van der Waals surface area (Å²) >= 11 is 1.15. The molecule has 1 amide bonds. The highest BCUT2D eigenvalue weighted by atomic mass is 32.2. The van der Waals surface area contributed by atoms with Crippen molar-refractivity contribution in [2.24, 2.45) is 0 Å². The van der Waals surface area contributed by atoms with E-state index in [1.165, 1.54) is 28.7 Å².